The molecule has 1 aromatic heterocycles. The van der Waals surface area contributed by atoms with Crippen LogP contribution in [0.15, 0.2) is 82.6 Å². The fraction of sp³-hybridized carbons (Fsp3) is 0.200. The number of aryl methyl sites for hydroxylation is 1. The lowest BCUT2D eigenvalue weighted by Crippen LogP contribution is -2.32. The summed E-state index contributed by atoms with van der Waals surface area (Å²) < 4.78 is 45.5. The molecular formula is C30H22F3N3O5S2. The van der Waals surface area contributed by atoms with Crippen molar-refractivity contribution in [2.75, 3.05) is 16.8 Å². The third-order valence-electron chi connectivity index (χ3n) is 7.21. The van der Waals surface area contributed by atoms with Gasteiger partial charge in [0.2, 0.25) is 11.8 Å². The third kappa shape index (κ3) is 5.45. The lowest BCUT2D eigenvalue weighted by molar-refractivity contribution is -0.137. The number of alkyl halides is 3. The molecule has 2 N–H and O–H groups in total. The van der Waals surface area contributed by atoms with Gasteiger partial charge in [0.1, 0.15) is 11.0 Å². The molecule has 1 fully saturated rings. The largest absolute Gasteiger partial charge is 0.484 e. The zero-order chi connectivity index (χ0) is 30.5. The zero-order valence-electron chi connectivity index (χ0n) is 22.3. The highest BCUT2D eigenvalue weighted by atomic mass is 32.2. The molecule has 4 aromatic rings. The Morgan fingerprint density at radius 1 is 1.00 bits per heavy atom. The van der Waals surface area contributed by atoms with Gasteiger partial charge in [-0.2, -0.15) is 13.2 Å². The highest BCUT2D eigenvalue weighted by molar-refractivity contribution is 8.00. The number of H-pyrrole nitrogens is 1. The van der Waals surface area contributed by atoms with E-state index in [1.165, 1.54) is 17.0 Å². The molecule has 6 rings (SSSR count). The van der Waals surface area contributed by atoms with Crippen molar-refractivity contribution in [2.24, 2.45) is 5.92 Å². The number of thiazole rings is 1. The van der Waals surface area contributed by atoms with E-state index in [-0.39, 0.29) is 22.2 Å². The first-order valence-corrected chi connectivity index (χ1v) is 14.7. The number of nitrogens with one attached hydrogen (secondary N) is 2. The molecule has 1 saturated heterocycles. The number of fused-ring (bicyclic) bond motifs is 2. The van der Waals surface area contributed by atoms with Crippen LogP contribution < -0.4 is 19.8 Å². The number of rotatable bonds is 6. The average Bonchev–Trinajstić information content (AvgIpc) is 3.46. The number of amides is 3. The Hall–Kier alpha value is -4.36. The summed E-state index contributed by atoms with van der Waals surface area (Å²) in [7, 11) is 0. The number of hydrogen-bond donors (Lipinski definition) is 2. The van der Waals surface area contributed by atoms with Crippen LogP contribution in [0.3, 0.4) is 0 Å². The standard InChI is InChI=1S/C30H22F3N3O5S2/c1-15-9-11-17(12-10-15)36-27(38)23-22(24-26(35-29(40)43-24)42-25(23)28(36)39)16-5-4-6-18(13-16)41-14-21(37)34-20-8-3-2-7-19(20)30(31,32)33/h2-13,22-23,25H,14H2,1H3,(H,34,37)(H,35,40)/t22-,23?,25?/m1/s1. The minimum atomic E-state index is -4.65. The maximum atomic E-state index is 13.9. The number of anilines is 2. The summed E-state index contributed by atoms with van der Waals surface area (Å²) in [5.41, 5.74) is 0.648. The summed E-state index contributed by atoms with van der Waals surface area (Å²) in [6.07, 6.45) is -4.65. The van der Waals surface area contributed by atoms with Crippen molar-refractivity contribution in [3.05, 3.63) is 104 Å². The van der Waals surface area contributed by atoms with Crippen molar-refractivity contribution in [3.63, 3.8) is 0 Å². The first-order valence-electron chi connectivity index (χ1n) is 13.0. The van der Waals surface area contributed by atoms with E-state index in [0.717, 1.165) is 40.8 Å². The maximum absolute atomic E-state index is 13.9. The minimum Gasteiger partial charge on any atom is -0.484 e. The molecular weight excluding hydrogens is 603 g/mol. The van der Waals surface area contributed by atoms with E-state index < -0.39 is 47.2 Å². The summed E-state index contributed by atoms with van der Waals surface area (Å²) in [5, 5.41) is 1.97. The van der Waals surface area contributed by atoms with Crippen LogP contribution in [0.25, 0.3) is 0 Å². The lowest BCUT2D eigenvalue weighted by Gasteiger charge is -2.30. The van der Waals surface area contributed by atoms with Crippen molar-refractivity contribution in [1.29, 1.82) is 0 Å². The van der Waals surface area contributed by atoms with Gasteiger partial charge in [0.15, 0.2) is 6.61 Å². The lowest BCUT2D eigenvalue weighted by atomic mass is 9.83. The van der Waals surface area contributed by atoms with Crippen LogP contribution in [0.1, 0.15) is 27.5 Å². The number of halogens is 3. The molecule has 3 amide bonds. The van der Waals surface area contributed by atoms with Crippen LogP contribution in [0.2, 0.25) is 0 Å². The molecule has 2 aliphatic rings. The highest BCUT2D eigenvalue weighted by Gasteiger charge is 2.56. The second kappa shape index (κ2) is 11.0. The Morgan fingerprint density at radius 3 is 2.49 bits per heavy atom. The number of aromatic amines is 1. The molecule has 3 heterocycles. The average molecular weight is 626 g/mol. The molecule has 2 aliphatic heterocycles. The van der Waals surface area contributed by atoms with E-state index >= 15 is 0 Å². The number of thioether (sulfide) groups is 1. The van der Waals surface area contributed by atoms with Gasteiger partial charge in [-0.05, 0) is 48.9 Å². The van der Waals surface area contributed by atoms with E-state index in [9.17, 15) is 32.3 Å². The normalized spacial score (nSPS) is 19.6. The summed E-state index contributed by atoms with van der Waals surface area (Å²) >= 11 is 2.12. The molecule has 0 aliphatic carbocycles. The van der Waals surface area contributed by atoms with Crippen molar-refractivity contribution >= 4 is 52.2 Å². The van der Waals surface area contributed by atoms with E-state index in [2.05, 4.69) is 10.3 Å². The van der Waals surface area contributed by atoms with Gasteiger partial charge in [-0.3, -0.25) is 19.2 Å². The predicted octanol–water partition coefficient (Wildman–Crippen LogP) is 5.58. The van der Waals surface area contributed by atoms with Crippen molar-refractivity contribution in [1.82, 2.24) is 4.98 Å². The molecule has 3 aromatic carbocycles. The Kier molecular flexibility index (Phi) is 7.38. The van der Waals surface area contributed by atoms with Crippen LogP contribution in [-0.4, -0.2) is 34.6 Å². The number of para-hydroxylation sites is 1. The van der Waals surface area contributed by atoms with Crippen LogP contribution in [0.4, 0.5) is 24.5 Å². The number of nitrogens with zero attached hydrogens (tertiary/aromatic N) is 1. The number of carbonyl (C=O) groups excluding carboxylic acids is 3. The highest BCUT2D eigenvalue weighted by Crippen LogP contribution is 2.53. The SMILES string of the molecule is Cc1ccc(N2C(=O)C3Sc4[nH]c(=O)sc4[C@H](c4cccc(OCC(=O)Nc5ccccc5C(F)(F)F)c4)C3C2=O)cc1. The number of hydrogen-bond acceptors (Lipinski definition) is 7. The van der Waals surface area contributed by atoms with Gasteiger partial charge in [-0.15, -0.1) is 0 Å². The molecule has 0 spiro atoms. The van der Waals surface area contributed by atoms with Crippen LogP contribution in [0, 0.1) is 12.8 Å². The maximum Gasteiger partial charge on any atom is 0.418 e. The number of imide groups is 1. The minimum absolute atomic E-state index is 0.225. The molecule has 13 heteroatoms. The molecule has 0 bridgehead atoms. The quantitative estimate of drug-likeness (QED) is 0.271. The Bertz CT molecular complexity index is 1800. The van der Waals surface area contributed by atoms with E-state index in [1.54, 1.807) is 36.4 Å². The van der Waals surface area contributed by atoms with E-state index in [1.807, 2.05) is 19.1 Å². The van der Waals surface area contributed by atoms with Crippen molar-refractivity contribution in [2.45, 2.75) is 29.3 Å². The molecule has 3 atom stereocenters. The van der Waals surface area contributed by atoms with Gasteiger partial charge in [0.25, 0.3) is 5.91 Å². The Morgan fingerprint density at radius 2 is 1.74 bits per heavy atom. The van der Waals surface area contributed by atoms with Crippen LogP contribution in [0.5, 0.6) is 5.75 Å². The number of benzene rings is 3. The first-order chi connectivity index (χ1) is 20.5. The van der Waals surface area contributed by atoms with Gasteiger partial charge in [0, 0.05) is 10.8 Å². The zero-order valence-corrected chi connectivity index (χ0v) is 23.9. The Labute approximate surface area is 250 Å². The topological polar surface area (TPSA) is 109 Å². The fourth-order valence-corrected chi connectivity index (χ4v) is 7.81. The number of aromatic nitrogens is 1. The van der Waals surface area contributed by atoms with Crippen LogP contribution in [-0.2, 0) is 20.6 Å². The second-order valence-electron chi connectivity index (χ2n) is 10.0. The second-order valence-corrected chi connectivity index (χ2v) is 12.2. The summed E-state index contributed by atoms with van der Waals surface area (Å²) in [4.78, 5) is 56.5. The summed E-state index contributed by atoms with van der Waals surface area (Å²) in [6, 6.07) is 18.2. The Balaban J connectivity index is 1.27. The van der Waals surface area contributed by atoms with Gasteiger partial charge in [0.05, 0.1) is 27.9 Å². The first kappa shape index (κ1) is 28.7. The van der Waals surface area contributed by atoms with Gasteiger partial charge >= 0.3 is 11.0 Å². The number of ether oxygens (including phenoxy) is 1. The molecule has 0 radical (unpaired) electrons. The smallest absolute Gasteiger partial charge is 0.418 e. The third-order valence-corrected chi connectivity index (χ3v) is 9.61. The monoisotopic (exact) mass is 625 g/mol. The van der Waals surface area contributed by atoms with Crippen molar-refractivity contribution < 1.29 is 32.3 Å². The summed E-state index contributed by atoms with van der Waals surface area (Å²) in [5.74, 6) is -2.81. The predicted molar refractivity (Wildman–Crippen MR) is 156 cm³/mol. The van der Waals surface area contributed by atoms with E-state index in [4.69, 9.17) is 4.74 Å². The molecule has 43 heavy (non-hydrogen) atoms. The fourth-order valence-electron chi connectivity index (χ4n) is 5.30. The molecule has 0 saturated carbocycles. The molecule has 220 valence electrons. The van der Waals surface area contributed by atoms with Gasteiger partial charge in [-0.1, -0.05) is 65.1 Å². The number of carbonyl (C=O) groups is 3. The van der Waals surface area contributed by atoms with Gasteiger partial charge < -0.3 is 15.0 Å². The van der Waals surface area contributed by atoms with E-state index in [0.29, 0.717) is 21.2 Å². The molecule has 8 nitrogen and oxygen atoms in total. The van der Waals surface area contributed by atoms with Crippen LogP contribution >= 0.6 is 23.1 Å². The summed E-state index contributed by atoms with van der Waals surface area (Å²) in [6.45, 7) is 1.32. The van der Waals surface area contributed by atoms with Crippen molar-refractivity contribution in [3.8, 4) is 5.75 Å². The van der Waals surface area contributed by atoms with Gasteiger partial charge in [-0.25, -0.2) is 4.90 Å². The molecule has 2 unspecified atom stereocenters.